The molecule has 2 aromatic rings. The van der Waals surface area contributed by atoms with Gasteiger partial charge < -0.3 is 10.6 Å². The molecule has 0 heterocycles. The number of carbonyl (C=O) groups excluding carboxylic acids is 1. The number of hydrogen-bond acceptors (Lipinski definition) is 6. The highest BCUT2D eigenvalue weighted by Crippen LogP contribution is 2.22. The highest BCUT2D eigenvalue weighted by molar-refractivity contribution is 7.92. The molecule has 1 amide bonds. The molecule has 0 saturated carbocycles. The predicted octanol–water partition coefficient (Wildman–Crippen LogP) is 1.81. The Morgan fingerprint density at radius 3 is 2.31 bits per heavy atom. The van der Waals surface area contributed by atoms with Crippen molar-refractivity contribution in [1.29, 1.82) is 0 Å². The number of anilines is 2. The van der Waals surface area contributed by atoms with Crippen molar-refractivity contribution in [3.63, 3.8) is 0 Å². The van der Waals surface area contributed by atoms with Crippen molar-refractivity contribution < 1.29 is 18.1 Å². The van der Waals surface area contributed by atoms with E-state index < -0.39 is 20.9 Å². The van der Waals surface area contributed by atoms with Crippen LogP contribution >= 0.6 is 0 Å². The SMILES string of the molecule is CS(=O)(=O)Nc1ccccc1C(=O)NCCNc1ccccc1[N+](=O)[O-]. The van der Waals surface area contributed by atoms with Gasteiger partial charge in [0.1, 0.15) is 5.69 Å². The Morgan fingerprint density at radius 2 is 1.65 bits per heavy atom. The third-order valence-electron chi connectivity index (χ3n) is 3.29. The number of hydrogen-bond donors (Lipinski definition) is 3. The summed E-state index contributed by atoms with van der Waals surface area (Å²) in [4.78, 5) is 22.7. The van der Waals surface area contributed by atoms with Crippen molar-refractivity contribution in [2.75, 3.05) is 29.4 Å². The zero-order valence-electron chi connectivity index (χ0n) is 13.9. The molecule has 2 rings (SSSR count). The average Bonchev–Trinajstić information content (AvgIpc) is 2.58. The highest BCUT2D eigenvalue weighted by atomic mass is 32.2. The molecule has 3 N–H and O–H groups in total. The lowest BCUT2D eigenvalue weighted by molar-refractivity contribution is -0.384. The highest BCUT2D eigenvalue weighted by Gasteiger charge is 2.14. The van der Waals surface area contributed by atoms with Gasteiger partial charge in [0, 0.05) is 19.2 Å². The number of benzene rings is 2. The minimum atomic E-state index is -3.51. The molecule has 26 heavy (non-hydrogen) atoms. The molecule has 2 aromatic carbocycles. The normalized spacial score (nSPS) is 10.8. The Bertz CT molecular complexity index is 914. The van der Waals surface area contributed by atoms with Gasteiger partial charge in [0.15, 0.2) is 0 Å². The predicted molar refractivity (Wildman–Crippen MR) is 98.8 cm³/mol. The molecule has 9 nitrogen and oxygen atoms in total. The van der Waals surface area contributed by atoms with Crippen LogP contribution in [0, 0.1) is 10.1 Å². The molecule has 10 heteroatoms. The number of rotatable bonds is 8. The first-order valence-electron chi connectivity index (χ1n) is 7.60. The standard InChI is InChI=1S/C16H18N4O5S/c1-26(24,25)19-13-7-3-2-6-12(13)16(21)18-11-10-17-14-8-4-5-9-15(14)20(22)23/h2-9,17,19H,10-11H2,1H3,(H,18,21). The molecule has 0 aliphatic carbocycles. The summed E-state index contributed by atoms with van der Waals surface area (Å²) >= 11 is 0. The lowest BCUT2D eigenvalue weighted by atomic mass is 10.1. The van der Waals surface area contributed by atoms with Gasteiger partial charge in [-0.3, -0.25) is 19.6 Å². The van der Waals surface area contributed by atoms with Crippen LogP contribution in [0.2, 0.25) is 0 Å². The van der Waals surface area contributed by atoms with Crippen LogP contribution in [0.1, 0.15) is 10.4 Å². The molecule has 0 aliphatic rings. The van der Waals surface area contributed by atoms with Crippen molar-refractivity contribution in [2.45, 2.75) is 0 Å². The van der Waals surface area contributed by atoms with E-state index in [-0.39, 0.29) is 30.0 Å². The third-order valence-corrected chi connectivity index (χ3v) is 3.88. The quantitative estimate of drug-likeness (QED) is 0.365. The fraction of sp³-hybridized carbons (Fsp3) is 0.188. The first-order chi connectivity index (χ1) is 12.3. The summed E-state index contributed by atoms with van der Waals surface area (Å²) in [5, 5.41) is 16.5. The first kappa shape index (κ1) is 19.2. The summed E-state index contributed by atoms with van der Waals surface area (Å²) < 4.78 is 25.0. The topological polar surface area (TPSA) is 130 Å². The molecular formula is C16H18N4O5S. The van der Waals surface area contributed by atoms with Crippen LogP contribution in [0.15, 0.2) is 48.5 Å². The van der Waals surface area contributed by atoms with E-state index in [1.807, 2.05) is 0 Å². The second kappa shape index (κ2) is 8.30. The van der Waals surface area contributed by atoms with Gasteiger partial charge >= 0.3 is 0 Å². The Morgan fingerprint density at radius 1 is 1.04 bits per heavy atom. The summed E-state index contributed by atoms with van der Waals surface area (Å²) in [6.07, 6.45) is 0.998. The zero-order chi connectivity index (χ0) is 19.2. The van der Waals surface area contributed by atoms with Crippen LogP contribution in [-0.4, -0.2) is 38.6 Å². The average molecular weight is 378 g/mol. The minimum absolute atomic E-state index is 0.0541. The second-order valence-electron chi connectivity index (χ2n) is 5.38. The van der Waals surface area contributed by atoms with E-state index in [9.17, 15) is 23.3 Å². The molecule has 0 saturated heterocycles. The molecule has 0 atom stereocenters. The number of carbonyl (C=O) groups is 1. The molecule has 0 bridgehead atoms. The maximum atomic E-state index is 12.3. The summed E-state index contributed by atoms with van der Waals surface area (Å²) in [6, 6.07) is 12.4. The fourth-order valence-electron chi connectivity index (χ4n) is 2.22. The Labute approximate surface area is 150 Å². The van der Waals surface area contributed by atoms with E-state index in [4.69, 9.17) is 0 Å². The number of nitrogens with one attached hydrogen (secondary N) is 3. The molecule has 0 aliphatic heterocycles. The van der Waals surface area contributed by atoms with Crippen LogP contribution < -0.4 is 15.4 Å². The van der Waals surface area contributed by atoms with Crippen molar-refractivity contribution >= 4 is 33.0 Å². The van der Waals surface area contributed by atoms with Crippen LogP contribution in [0.5, 0.6) is 0 Å². The maximum Gasteiger partial charge on any atom is 0.292 e. The number of amides is 1. The van der Waals surface area contributed by atoms with Crippen molar-refractivity contribution in [3.05, 3.63) is 64.2 Å². The van der Waals surface area contributed by atoms with Crippen LogP contribution in [0.25, 0.3) is 0 Å². The Kier molecular flexibility index (Phi) is 6.12. The lowest BCUT2D eigenvalue weighted by Gasteiger charge is -2.11. The number of para-hydroxylation sites is 3. The van der Waals surface area contributed by atoms with Gasteiger partial charge in [-0.1, -0.05) is 24.3 Å². The van der Waals surface area contributed by atoms with E-state index in [1.165, 1.54) is 18.2 Å². The van der Waals surface area contributed by atoms with Gasteiger partial charge in [0.05, 0.1) is 22.4 Å². The van der Waals surface area contributed by atoms with Crippen molar-refractivity contribution in [3.8, 4) is 0 Å². The summed E-state index contributed by atoms with van der Waals surface area (Å²) in [6.45, 7) is 0.455. The molecule has 0 spiro atoms. The van der Waals surface area contributed by atoms with E-state index >= 15 is 0 Å². The number of nitrogens with zero attached hydrogens (tertiary/aromatic N) is 1. The minimum Gasteiger partial charge on any atom is -0.378 e. The van der Waals surface area contributed by atoms with E-state index in [0.717, 1.165) is 6.26 Å². The monoisotopic (exact) mass is 378 g/mol. The molecule has 138 valence electrons. The molecule has 0 radical (unpaired) electrons. The van der Waals surface area contributed by atoms with Crippen LogP contribution in [0.3, 0.4) is 0 Å². The lowest BCUT2D eigenvalue weighted by Crippen LogP contribution is -2.29. The van der Waals surface area contributed by atoms with Gasteiger partial charge in [-0.05, 0) is 18.2 Å². The van der Waals surface area contributed by atoms with Gasteiger partial charge in [-0.15, -0.1) is 0 Å². The summed E-state index contributed by atoms with van der Waals surface area (Å²) in [5.74, 6) is -0.457. The molecular weight excluding hydrogens is 360 g/mol. The number of nitro groups is 1. The second-order valence-corrected chi connectivity index (χ2v) is 7.13. The van der Waals surface area contributed by atoms with Crippen molar-refractivity contribution in [1.82, 2.24) is 5.32 Å². The van der Waals surface area contributed by atoms with E-state index in [0.29, 0.717) is 5.69 Å². The van der Waals surface area contributed by atoms with Gasteiger partial charge in [0.2, 0.25) is 10.0 Å². The molecule has 0 aromatic heterocycles. The Hall–Kier alpha value is -3.14. The number of nitro benzene ring substituents is 1. The number of sulfonamides is 1. The zero-order valence-corrected chi connectivity index (χ0v) is 14.7. The largest absolute Gasteiger partial charge is 0.378 e. The molecule has 0 unspecified atom stereocenters. The van der Waals surface area contributed by atoms with E-state index in [1.54, 1.807) is 30.3 Å². The van der Waals surface area contributed by atoms with Crippen molar-refractivity contribution in [2.24, 2.45) is 0 Å². The summed E-state index contributed by atoms with van der Waals surface area (Å²) in [7, 11) is -3.51. The summed E-state index contributed by atoms with van der Waals surface area (Å²) in [5.41, 5.74) is 0.662. The van der Waals surface area contributed by atoms with Crippen LogP contribution in [-0.2, 0) is 10.0 Å². The third kappa shape index (κ3) is 5.45. The molecule has 0 fully saturated rings. The van der Waals surface area contributed by atoms with Crippen LogP contribution in [0.4, 0.5) is 17.1 Å². The van der Waals surface area contributed by atoms with Gasteiger partial charge in [-0.2, -0.15) is 0 Å². The van der Waals surface area contributed by atoms with Gasteiger partial charge in [0.25, 0.3) is 11.6 Å². The Balaban J connectivity index is 1.95. The fourth-order valence-corrected chi connectivity index (χ4v) is 2.80. The smallest absolute Gasteiger partial charge is 0.292 e. The van der Waals surface area contributed by atoms with Gasteiger partial charge in [-0.25, -0.2) is 8.42 Å². The first-order valence-corrected chi connectivity index (χ1v) is 9.49. The maximum absolute atomic E-state index is 12.3. The van der Waals surface area contributed by atoms with E-state index in [2.05, 4.69) is 15.4 Å².